The zero-order chi connectivity index (χ0) is 14.9. The molecule has 0 radical (unpaired) electrons. The largest absolute Gasteiger partial charge is 0.323 e. The first-order valence-corrected chi connectivity index (χ1v) is 6.42. The summed E-state index contributed by atoms with van der Waals surface area (Å²) in [6.07, 6.45) is 0.976. The standard InChI is InChI=1S/C13H12ClN3O3/c1-8-5-13(6-8,7-15)12(18)16-11-4-9(17(19)20)2-3-10(11)14/h2-4,8H,5-6H2,1H3,(H,16,18). The zero-order valence-electron chi connectivity index (χ0n) is 10.7. The van der Waals surface area contributed by atoms with E-state index in [1.807, 2.05) is 13.0 Å². The summed E-state index contributed by atoms with van der Waals surface area (Å²) < 4.78 is 0. The Balaban J connectivity index is 2.22. The summed E-state index contributed by atoms with van der Waals surface area (Å²) in [5, 5.41) is 22.6. The van der Waals surface area contributed by atoms with E-state index in [1.54, 1.807) is 0 Å². The molecule has 6 nitrogen and oxygen atoms in total. The number of rotatable bonds is 3. The third-order valence-corrected chi connectivity index (χ3v) is 3.78. The minimum Gasteiger partial charge on any atom is -0.323 e. The number of carbonyl (C=O) groups excluding carboxylic acids is 1. The van der Waals surface area contributed by atoms with E-state index in [9.17, 15) is 14.9 Å². The summed E-state index contributed by atoms with van der Waals surface area (Å²) in [5.74, 6) is -0.138. The summed E-state index contributed by atoms with van der Waals surface area (Å²) in [6.45, 7) is 1.96. The number of nitro groups is 1. The van der Waals surface area contributed by atoms with Gasteiger partial charge in [0, 0.05) is 12.1 Å². The predicted octanol–water partition coefficient (Wildman–Crippen LogP) is 3.13. The lowest BCUT2D eigenvalue weighted by molar-refractivity contribution is -0.384. The van der Waals surface area contributed by atoms with E-state index >= 15 is 0 Å². The molecule has 0 unspecified atom stereocenters. The Labute approximate surface area is 120 Å². The van der Waals surface area contributed by atoms with Crippen molar-refractivity contribution in [2.24, 2.45) is 11.3 Å². The van der Waals surface area contributed by atoms with Crippen LogP contribution in [0.2, 0.25) is 5.02 Å². The van der Waals surface area contributed by atoms with Crippen molar-refractivity contribution in [3.63, 3.8) is 0 Å². The van der Waals surface area contributed by atoms with Crippen LogP contribution >= 0.6 is 11.6 Å². The molecule has 1 amide bonds. The summed E-state index contributed by atoms with van der Waals surface area (Å²) in [6, 6.07) is 5.82. The summed E-state index contributed by atoms with van der Waals surface area (Å²) in [4.78, 5) is 22.3. The van der Waals surface area contributed by atoms with E-state index in [0.717, 1.165) is 0 Å². The number of benzene rings is 1. The number of amides is 1. The Hall–Kier alpha value is -2.13. The van der Waals surface area contributed by atoms with Gasteiger partial charge >= 0.3 is 0 Å². The van der Waals surface area contributed by atoms with Gasteiger partial charge in [0.1, 0.15) is 5.41 Å². The number of halogens is 1. The maximum absolute atomic E-state index is 12.2. The fraction of sp³-hybridized carbons (Fsp3) is 0.385. The smallest absolute Gasteiger partial charge is 0.271 e. The van der Waals surface area contributed by atoms with Gasteiger partial charge in [-0.05, 0) is 24.8 Å². The van der Waals surface area contributed by atoms with Gasteiger partial charge in [-0.3, -0.25) is 14.9 Å². The first-order valence-electron chi connectivity index (χ1n) is 6.04. The van der Waals surface area contributed by atoms with Crippen LogP contribution in [0.15, 0.2) is 18.2 Å². The number of carbonyl (C=O) groups is 1. The lowest BCUT2D eigenvalue weighted by Gasteiger charge is -2.39. The number of hydrogen-bond donors (Lipinski definition) is 1. The number of nitriles is 1. The maximum Gasteiger partial charge on any atom is 0.271 e. The van der Waals surface area contributed by atoms with Crippen molar-refractivity contribution < 1.29 is 9.72 Å². The first kappa shape index (κ1) is 14.3. The van der Waals surface area contributed by atoms with Gasteiger partial charge in [-0.1, -0.05) is 18.5 Å². The van der Waals surface area contributed by atoms with E-state index in [4.69, 9.17) is 16.9 Å². The first-order chi connectivity index (χ1) is 9.38. The van der Waals surface area contributed by atoms with E-state index < -0.39 is 16.2 Å². The fourth-order valence-electron chi connectivity index (χ4n) is 2.42. The molecule has 0 bridgehead atoms. The van der Waals surface area contributed by atoms with Gasteiger partial charge in [0.2, 0.25) is 5.91 Å². The van der Waals surface area contributed by atoms with Gasteiger partial charge in [-0.25, -0.2) is 0 Å². The van der Waals surface area contributed by atoms with Crippen molar-refractivity contribution >= 4 is 28.9 Å². The van der Waals surface area contributed by atoms with Crippen LogP contribution in [0.4, 0.5) is 11.4 Å². The molecule has 1 aromatic carbocycles. The van der Waals surface area contributed by atoms with Gasteiger partial charge in [0.25, 0.3) is 5.69 Å². The van der Waals surface area contributed by atoms with Crippen molar-refractivity contribution in [3.05, 3.63) is 33.3 Å². The van der Waals surface area contributed by atoms with Crippen molar-refractivity contribution in [1.29, 1.82) is 5.26 Å². The number of nitro benzene ring substituents is 1. The van der Waals surface area contributed by atoms with Gasteiger partial charge in [0.15, 0.2) is 0 Å². The van der Waals surface area contributed by atoms with Crippen LogP contribution in [-0.2, 0) is 4.79 Å². The number of hydrogen-bond acceptors (Lipinski definition) is 4. The fourth-order valence-corrected chi connectivity index (χ4v) is 2.59. The highest BCUT2D eigenvalue weighted by Crippen LogP contribution is 2.46. The molecule has 7 heteroatoms. The van der Waals surface area contributed by atoms with Gasteiger partial charge in [-0.2, -0.15) is 5.26 Å². The Morgan fingerprint density at radius 2 is 2.25 bits per heavy atom. The summed E-state index contributed by atoms with van der Waals surface area (Å²) >= 11 is 5.91. The number of anilines is 1. The van der Waals surface area contributed by atoms with Crippen LogP contribution in [0, 0.1) is 32.8 Å². The molecule has 1 aliphatic carbocycles. The molecular weight excluding hydrogens is 282 g/mol. The third kappa shape index (κ3) is 2.45. The highest BCUT2D eigenvalue weighted by atomic mass is 35.5. The van der Waals surface area contributed by atoms with Gasteiger partial charge in [-0.15, -0.1) is 0 Å². The molecule has 2 rings (SSSR count). The number of non-ortho nitro benzene ring substituents is 1. The minimum absolute atomic E-state index is 0.153. The molecule has 1 N–H and O–H groups in total. The molecule has 0 aromatic heterocycles. The average Bonchev–Trinajstić information content (AvgIpc) is 2.36. The van der Waals surface area contributed by atoms with Crippen LogP contribution in [0.3, 0.4) is 0 Å². The number of nitrogens with one attached hydrogen (secondary N) is 1. The SMILES string of the molecule is CC1CC(C#N)(C(=O)Nc2cc([N+](=O)[O-])ccc2Cl)C1. The Bertz CT molecular complexity index is 618. The Morgan fingerprint density at radius 3 is 2.75 bits per heavy atom. The zero-order valence-corrected chi connectivity index (χ0v) is 11.5. The van der Waals surface area contributed by atoms with E-state index in [0.29, 0.717) is 18.8 Å². The molecule has 0 heterocycles. The highest BCUT2D eigenvalue weighted by molar-refractivity contribution is 6.33. The molecule has 0 aliphatic heterocycles. The second-order valence-corrected chi connectivity index (χ2v) is 5.49. The summed E-state index contributed by atoms with van der Waals surface area (Å²) in [5.41, 5.74) is -1.06. The maximum atomic E-state index is 12.2. The van der Waals surface area contributed by atoms with Gasteiger partial charge in [0.05, 0.1) is 21.7 Å². The lowest BCUT2D eigenvalue weighted by Crippen LogP contribution is -2.45. The predicted molar refractivity (Wildman–Crippen MR) is 73.2 cm³/mol. The normalized spacial score (nSPS) is 24.4. The lowest BCUT2D eigenvalue weighted by atomic mass is 9.63. The van der Waals surface area contributed by atoms with Crippen molar-refractivity contribution in [2.75, 3.05) is 5.32 Å². The van der Waals surface area contributed by atoms with E-state index in [-0.39, 0.29) is 16.4 Å². The highest BCUT2D eigenvalue weighted by Gasteiger charge is 2.49. The van der Waals surface area contributed by atoms with Gasteiger partial charge < -0.3 is 5.32 Å². The van der Waals surface area contributed by atoms with Crippen molar-refractivity contribution in [3.8, 4) is 6.07 Å². The van der Waals surface area contributed by atoms with E-state index in [2.05, 4.69) is 5.32 Å². The molecule has 104 valence electrons. The molecule has 1 aromatic rings. The molecule has 1 fully saturated rings. The number of nitrogens with zero attached hydrogens (tertiary/aromatic N) is 2. The molecular formula is C13H12ClN3O3. The van der Waals surface area contributed by atoms with E-state index in [1.165, 1.54) is 18.2 Å². The Kier molecular flexibility index (Phi) is 3.64. The van der Waals surface area contributed by atoms with Crippen molar-refractivity contribution in [2.45, 2.75) is 19.8 Å². The minimum atomic E-state index is -1.05. The second kappa shape index (κ2) is 5.10. The second-order valence-electron chi connectivity index (χ2n) is 5.08. The summed E-state index contributed by atoms with van der Waals surface area (Å²) in [7, 11) is 0. The van der Waals surface area contributed by atoms with Crippen LogP contribution < -0.4 is 5.32 Å². The topological polar surface area (TPSA) is 96.0 Å². The van der Waals surface area contributed by atoms with Crippen LogP contribution in [0.25, 0.3) is 0 Å². The Morgan fingerprint density at radius 1 is 1.60 bits per heavy atom. The van der Waals surface area contributed by atoms with Crippen molar-refractivity contribution in [1.82, 2.24) is 0 Å². The third-order valence-electron chi connectivity index (χ3n) is 3.45. The van der Waals surface area contributed by atoms with Crippen LogP contribution in [0.5, 0.6) is 0 Å². The molecule has 0 atom stereocenters. The quantitative estimate of drug-likeness (QED) is 0.684. The molecule has 1 aliphatic rings. The molecule has 0 saturated heterocycles. The average molecular weight is 294 g/mol. The molecule has 1 saturated carbocycles. The van der Waals surface area contributed by atoms with Crippen LogP contribution in [0.1, 0.15) is 19.8 Å². The monoisotopic (exact) mass is 293 g/mol. The van der Waals surface area contributed by atoms with Crippen LogP contribution in [-0.4, -0.2) is 10.8 Å². The molecule has 20 heavy (non-hydrogen) atoms. The molecule has 0 spiro atoms.